The predicted molar refractivity (Wildman–Crippen MR) is 103 cm³/mol. The minimum Gasteiger partial charge on any atom is -0.445 e. The van der Waals surface area contributed by atoms with Crippen molar-refractivity contribution in [3.8, 4) is 0 Å². The number of hydrogen-bond acceptors (Lipinski definition) is 7. The molecule has 3 rings (SSSR count). The maximum Gasteiger partial charge on any atom is 0.408 e. The van der Waals surface area contributed by atoms with E-state index in [4.69, 9.17) is 9.26 Å². The number of aromatic nitrogens is 1. The molecule has 158 valence electrons. The Morgan fingerprint density at radius 2 is 2.00 bits per heavy atom. The highest BCUT2D eigenvalue weighted by molar-refractivity contribution is 6.38. The van der Waals surface area contributed by atoms with Crippen molar-refractivity contribution in [3.63, 3.8) is 0 Å². The molecule has 1 aromatic heterocycles. The molecule has 0 bridgehead atoms. The van der Waals surface area contributed by atoms with E-state index < -0.39 is 35.8 Å². The zero-order valence-corrected chi connectivity index (χ0v) is 16.1. The molecule has 1 aliphatic rings. The molecule has 2 atom stereocenters. The summed E-state index contributed by atoms with van der Waals surface area (Å²) < 4.78 is 10.2. The van der Waals surface area contributed by atoms with E-state index in [-0.39, 0.29) is 12.4 Å². The zero-order valence-electron chi connectivity index (χ0n) is 16.1. The molecule has 0 spiro atoms. The third kappa shape index (κ3) is 5.66. The van der Waals surface area contributed by atoms with E-state index in [1.54, 1.807) is 12.1 Å². The van der Waals surface area contributed by atoms with Gasteiger partial charge in [0.2, 0.25) is 5.78 Å². The molecule has 0 aliphatic carbocycles. The predicted octanol–water partition coefficient (Wildman–Crippen LogP) is 0.996. The summed E-state index contributed by atoms with van der Waals surface area (Å²) in [6.45, 7) is 0.430. The van der Waals surface area contributed by atoms with Gasteiger partial charge in [0.05, 0.1) is 12.2 Å². The van der Waals surface area contributed by atoms with Crippen LogP contribution in [0.2, 0.25) is 0 Å². The van der Waals surface area contributed by atoms with Gasteiger partial charge in [0.1, 0.15) is 6.61 Å². The van der Waals surface area contributed by atoms with Crippen LogP contribution in [0.1, 0.15) is 36.6 Å². The van der Waals surface area contributed by atoms with Gasteiger partial charge in [-0.2, -0.15) is 0 Å². The van der Waals surface area contributed by atoms with E-state index in [2.05, 4.69) is 21.1 Å². The number of amides is 3. The second kappa shape index (κ2) is 10.2. The lowest BCUT2D eigenvalue weighted by atomic mass is 10.0. The molecule has 2 aromatic rings. The number of nitrogens with zero attached hydrogens (tertiary/aromatic N) is 1. The summed E-state index contributed by atoms with van der Waals surface area (Å²) in [5.74, 6) is -2.13. The molecule has 1 saturated heterocycles. The van der Waals surface area contributed by atoms with Crippen molar-refractivity contribution >= 4 is 23.7 Å². The fourth-order valence-electron chi connectivity index (χ4n) is 2.97. The van der Waals surface area contributed by atoms with Crippen molar-refractivity contribution in [2.75, 3.05) is 6.54 Å². The molecular formula is C20H22N4O6. The Labute approximate surface area is 172 Å². The van der Waals surface area contributed by atoms with E-state index in [9.17, 15) is 19.2 Å². The van der Waals surface area contributed by atoms with Crippen LogP contribution >= 0.6 is 0 Å². The highest BCUT2D eigenvalue weighted by atomic mass is 16.5. The van der Waals surface area contributed by atoms with Gasteiger partial charge >= 0.3 is 6.09 Å². The number of ketones is 1. The number of nitrogens with one attached hydrogen (secondary N) is 3. The van der Waals surface area contributed by atoms with Gasteiger partial charge in [-0.25, -0.2) is 4.79 Å². The molecule has 0 saturated carbocycles. The van der Waals surface area contributed by atoms with E-state index in [1.165, 1.54) is 12.3 Å². The summed E-state index contributed by atoms with van der Waals surface area (Å²) in [4.78, 5) is 49.1. The standard InChI is InChI=1S/C20H22N4O6/c25-17-14(8-4-5-10-21-19(17)27)23-18(26)16(15-9-11-22-30-15)24-20(28)29-12-13-6-2-1-3-7-13/h1-3,6-7,9,11,14,16H,4-5,8,10,12H2,(H,21,27)(H,23,26)(H,24,28). The Morgan fingerprint density at radius 3 is 2.73 bits per heavy atom. The average Bonchev–Trinajstić information content (AvgIpc) is 3.28. The van der Waals surface area contributed by atoms with Crippen molar-refractivity contribution in [3.05, 3.63) is 53.9 Å². The minimum atomic E-state index is -1.28. The van der Waals surface area contributed by atoms with E-state index >= 15 is 0 Å². The maximum atomic E-state index is 12.8. The van der Waals surface area contributed by atoms with Gasteiger partial charge in [-0.1, -0.05) is 35.5 Å². The first-order valence-electron chi connectivity index (χ1n) is 9.55. The van der Waals surface area contributed by atoms with Gasteiger partial charge in [0.25, 0.3) is 11.8 Å². The highest BCUT2D eigenvalue weighted by Gasteiger charge is 2.33. The summed E-state index contributed by atoms with van der Waals surface area (Å²) in [6.07, 6.45) is 2.13. The Hall–Kier alpha value is -3.69. The van der Waals surface area contributed by atoms with Crippen LogP contribution in [0.4, 0.5) is 4.79 Å². The molecule has 30 heavy (non-hydrogen) atoms. The normalized spacial score (nSPS) is 17.8. The zero-order chi connectivity index (χ0) is 21.3. The molecule has 2 heterocycles. The van der Waals surface area contributed by atoms with Crippen LogP contribution in [0.5, 0.6) is 0 Å². The topological polar surface area (TPSA) is 140 Å². The van der Waals surface area contributed by atoms with Gasteiger partial charge in [0.15, 0.2) is 11.8 Å². The van der Waals surface area contributed by atoms with Crippen molar-refractivity contribution in [2.45, 2.75) is 38.0 Å². The lowest BCUT2D eigenvalue weighted by Gasteiger charge is -2.22. The summed E-state index contributed by atoms with van der Waals surface area (Å²) in [7, 11) is 0. The number of carbonyl (C=O) groups is 4. The Kier molecular flexibility index (Phi) is 7.14. The monoisotopic (exact) mass is 414 g/mol. The van der Waals surface area contributed by atoms with Gasteiger partial charge in [-0.05, 0) is 24.8 Å². The quantitative estimate of drug-likeness (QED) is 0.599. The van der Waals surface area contributed by atoms with Crippen LogP contribution in [-0.4, -0.2) is 41.4 Å². The fourth-order valence-corrected chi connectivity index (χ4v) is 2.97. The average molecular weight is 414 g/mol. The van der Waals surface area contributed by atoms with Crippen molar-refractivity contribution < 1.29 is 28.4 Å². The van der Waals surface area contributed by atoms with Crippen LogP contribution in [0.3, 0.4) is 0 Å². The summed E-state index contributed by atoms with van der Waals surface area (Å²) in [5, 5.41) is 11.0. The van der Waals surface area contributed by atoms with Gasteiger partial charge in [0, 0.05) is 12.6 Å². The third-order valence-corrected chi connectivity index (χ3v) is 4.54. The molecular weight excluding hydrogens is 392 g/mol. The number of ether oxygens (including phenoxy) is 1. The molecule has 1 fully saturated rings. The van der Waals surface area contributed by atoms with Gasteiger partial charge < -0.3 is 25.2 Å². The van der Waals surface area contributed by atoms with Crippen molar-refractivity contribution in [1.29, 1.82) is 0 Å². The molecule has 10 nitrogen and oxygen atoms in total. The second-order valence-electron chi connectivity index (χ2n) is 6.73. The van der Waals surface area contributed by atoms with E-state index in [1.807, 2.05) is 18.2 Å². The van der Waals surface area contributed by atoms with Crippen LogP contribution in [0, 0.1) is 0 Å². The molecule has 1 aromatic carbocycles. The largest absolute Gasteiger partial charge is 0.445 e. The summed E-state index contributed by atoms with van der Waals surface area (Å²) in [5.41, 5.74) is 0.777. The lowest BCUT2D eigenvalue weighted by Crippen LogP contribution is -2.51. The van der Waals surface area contributed by atoms with Crippen LogP contribution in [0.15, 0.2) is 47.1 Å². The summed E-state index contributed by atoms with van der Waals surface area (Å²) >= 11 is 0. The molecule has 3 amide bonds. The first kappa shape index (κ1) is 21.0. The Bertz CT molecular complexity index is 884. The van der Waals surface area contributed by atoms with Crippen molar-refractivity contribution in [2.24, 2.45) is 0 Å². The smallest absolute Gasteiger partial charge is 0.408 e. The minimum absolute atomic E-state index is 0.0126. The van der Waals surface area contributed by atoms with Crippen molar-refractivity contribution in [1.82, 2.24) is 21.1 Å². The van der Waals surface area contributed by atoms with Crippen LogP contribution in [-0.2, 0) is 25.7 Å². The number of carbonyl (C=O) groups excluding carboxylic acids is 4. The Morgan fingerprint density at radius 1 is 1.20 bits per heavy atom. The Balaban J connectivity index is 1.65. The molecule has 10 heteroatoms. The van der Waals surface area contributed by atoms with Gasteiger partial charge in [-0.3, -0.25) is 14.4 Å². The second-order valence-corrected chi connectivity index (χ2v) is 6.73. The number of rotatable bonds is 6. The van der Waals surface area contributed by atoms with Crippen LogP contribution < -0.4 is 16.0 Å². The van der Waals surface area contributed by atoms with E-state index in [0.717, 1.165) is 5.56 Å². The van der Waals surface area contributed by atoms with Gasteiger partial charge in [-0.15, -0.1) is 0 Å². The number of benzene rings is 1. The highest BCUT2D eigenvalue weighted by Crippen LogP contribution is 2.15. The maximum absolute atomic E-state index is 12.8. The summed E-state index contributed by atoms with van der Waals surface area (Å²) in [6, 6.07) is 8.17. The molecule has 0 radical (unpaired) electrons. The SMILES string of the molecule is O=C(NC(C(=O)NC1CCCCNC(=O)C1=O)c1ccno1)OCc1ccccc1. The number of hydrogen-bond donors (Lipinski definition) is 3. The molecule has 1 aliphatic heterocycles. The van der Waals surface area contributed by atoms with E-state index in [0.29, 0.717) is 25.8 Å². The number of alkyl carbamates (subject to hydrolysis) is 1. The molecule has 3 N–H and O–H groups in total. The third-order valence-electron chi connectivity index (χ3n) is 4.54. The van der Waals surface area contributed by atoms with Crippen LogP contribution in [0.25, 0.3) is 0 Å². The number of Topliss-reactive ketones (excluding diaryl/α,β-unsaturated/α-hetero) is 1. The lowest BCUT2D eigenvalue weighted by molar-refractivity contribution is -0.140. The first-order valence-corrected chi connectivity index (χ1v) is 9.55. The first-order chi connectivity index (χ1) is 14.5. The fraction of sp³-hybridized carbons (Fsp3) is 0.350. The molecule has 2 unspecified atom stereocenters.